The fourth-order valence-electron chi connectivity index (χ4n) is 1.29. The Bertz CT molecular complexity index is 134. The van der Waals surface area contributed by atoms with Crippen LogP contribution in [-0.2, 0) is 22.4 Å². The molecule has 0 amide bonds. The molecule has 0 bridgehead atoms. The summed E-state index contributed by atoms with van der Waals surface area (Å²) in [6, 6.07) is 0. The summed E-state index contributed by atoms with van der Waals surface area (Å²) in [5.74, 6) is 0. The van der Waals surface area contributed by atoms with Crippen molar-refractivity contribution in [1.29, 1.82) is 0 Å². The Kier molecular flexibility index (Phi) is 11.8. The largest absolute Gasteiger partial charge is 0.330 e. The van der Waals surface area contributed by atoms with Crippen molar-refractivity contribution >= 4 is 0 Å². The van der Waals surface area contributed by atoms with Crippen molar-refractivity contribution in [2.75, 3.05) is 33.2 Å². The average Bonchev–Trinajstić information content (AvgIpc) is 2.07. The standard InChI is InChI=1S/C11H27N3.Ta/c1-11(2,3)13-8-6-10-14(4)9-5-7-12;/h13H,5-10,12H2,1-4H3;. The van der Waals surface area contributed by atoms with Crippen LogP contribution >= 0.6 is 0 Å². The molecular weight excluding hydrogens is 355 g/mol. The van der Waals surface area contributed by atoms with Crippen LogP contribution in [0.25, 0.3) is 0 Å². The van der Waals surface area contributed by atoms with Gasteiger partial charge in [-0.05, 0) is 66.8 Å². The van der Waals surface area contributed by atoms with E-state index < -0.39 is 0 Å². The minimum Gasteiger partial charge on any atom is -0.330 e. The Balaban J connectivity index is 0. The molecule has 0 aliphatic rings. The maximum Gasteiger partial charge on any atom is 0.00965 e. The number of nitrogens with one attached hydrogen (secondary N) is 1. The number of rotatable bonds is 7. The molecule has 0 aliphatic heterocycles. The van der Waals surface area contributed by atoms with Crippen LogP contribution in [0.2, 0.25) is 0 Å². The van der Waals surface area contributed by atoms with E-state index in [2.05, 4.69) is 38.0 Å². The first-order valence-electron chi connectivity index (χ1n) is 5.59. The van der Waals surface area contributed by atoms with Crippen molar-refractivity contribution in [3.05, 3.63) is 0 Å². The molecule has 0 rings (SSSR count). The molecule has 0 saturated heterocycles. The van der Waals surface area contributed by atoms with Crippen LogP contribution < -0.4 is 11.1 Å². The maximum absolute atomic E-state index is 5.45. The van der Waals surface area contributed by atoms with Crippen LogP contribution in [0.5, 0.6) is 0 Å². The van der Waals surface area contributed by atoms with Crippen molar-refractivity contribution in [2.45, 2.75) is 39.2 Å². The Hall–Kier alpha value is 0.620. The molecule has 91 valence electrons. The summed E-state index contributed by atoms with van der Waals surface area (Å²) in [4.78, 5) is 2.34. The smallest absolute Gasteiger partial charge is 0.00965 e. The van der Waals surface area contributed by atoms with Crippen LogP contribution in [0.15, 0.2) is 0 Å². The summed E-state index contributed by atoms with van der Waals surface area (Å²) in [5, 5.41) is 3.48. The minimum atomic E-state index is 0. The van der Waals surface area contributed by atoms with E-state index in [0.717, 1.165) is 32.6 Å². The second-order valence-electron chi connectivity index (χ2n) is 4.98. The summed E-state index contributed by atoms with van der Waals surface area (Å²) < 4.78 is 0. The van der Waals surface area contributed by atoms with E-state index in [1.54, 1.807) is 0 Å². The molecule has 0 aliphatic carbocycles. The second-order valence-corrected chi connectivity index (χ2v) is 4.98. The molecule has 0 atom stereocenters. The van der Waals surface area contributed by atoms with E-state index >= 15 is 0 Å². The van der Waals surface area contributed by atoms with E-state index in [1.165, 1.54) is 6.42 Å². The van der Waals surface area contributed by atoms with E-state index in [0.29, 0.717) is 0 Å². The van der Waals surface area contributed by atoms with Gasteiger partial charge >= 0.3 is 0 Å². The van der Waals surface area contributed by atoms with Crippen LogP contribution in [0.1, 0.15) is 33.6 Å². The number of hydrogen-bond donors (Lipinski definition) is 2. The zero-order valence-corrected chi connectivity index (χ0v) is 13.9. The van der Waals surface area contributed by atoms with Gasteiger partial charge in [-0.25, -0.2) is 0 Å². The zero-order valence-electron chi connectivity index (χ0n) is 10.7. The SMILES string of the molecule is CN(CCCN)CCCNC(C)(C)C.[Ta]. The molecule has 3 N–H and O–H groups in total. The van der Waals surface area contributed by atoms with E-state index in [4.69, 9.17) is 5.73 Å². The third-order valence-corrected chi connectivity index (χ3v) is 2.12. The van der Waals surface area contributed by atoms with Gasteiger partial charge in [0.15, 0.2) is 0 Å². The first kappa shape index (κ1) is 18.0. The molecule has 0 heterocycles. The summed E-state index contributed by atoms with van der Waals surface area (Å²) in [6.07, 6.45) is 2.31. The average molecular weight is 382 g/mol. The molecule has 0 spiro atoms. The fraction of sp³-hybridized carbons (Fsp3) is 1.00. The molecule has 1 radical (unpaired) electrons. The van der Waals surface area contributed by atoms with Crippen LogP contribution in [0, 0.1) is 0 Å². The first-order chi connectivity index (χ1) is 6.45. The summed E-state index contributed by atoms with van der Waals surface area (Å²) >= 11 is 0. The van der Waals surface area contributed by atoms with E-state index in [-0.39, 0.29) is 27.9 Å². The summed E-state index contributed by atoms with van der Waals surface area (Å²) in [7, 11) is 2.16. The molecule has 0 aromatic rings. The van der Waals surface area contributed by atoms with Crippen LogP contribution in [-0.4, -0.2) is 43.7 Å². The predicted molar refractivity (Wildman–Crippen MR) is 63.5 cm³/mol. The van der Waals surface area contributed by atoms with Gasteiger partial charge in [0.25, 0.3) is 0 Å². The quantitative estimate of drug-likeness (QED) is 0.647. The van der Waals surface area contributed by atoms with Crippen molar-refractivity contribution in [3.8, 4) is 0 Å². The Morgan fingerprint density at radius 2 is 1.67 bits per heavy atom. The molecule has 0 aromatic carbocycles. The topological polar surface area (TPSA) is 41.3 Å². The van der Waals surface area contributed by atoms with Gasteiger partial charge in [-0.2, -0.15) is 0 Å². The van der Waals surface area contributed by atoms with Gasteiger partial charge in [0.2, 0.25) is 0 Å². The van der Waals surface area contributed by atoms with Gasteiger partial charge < -0.3 is 16.0 Å². The molecule has 4 heteroatoms. The molecule has 15 heavy (non-hydrogen) atoms. The fourth-order valence-corrected chi connectivity index (χ4v) is 1.29. The molecule has 0 unspecified atom stereocenters. The Labute approximate surface area is 111 Å². The van der Waals surface area contributed by atoms with Gasteiger partial charge in [-0.1, -0.05) is 0 Å². The van der Waals surface area contributed by atoms with Crippen molar-refractivity contribution in [1.82, 2.24) is 10.2 Å². The predicted octanol–water partition coefficient (Wildman–Crippen LogP) is 1.04. The molecule has 0 aromatic heterocycles. The number of nitrogens with zero attached hydrogens (tertiary/aromatic N) is 1. The van der Waals surface area contributed by atoms with E-state index in [1.807, 2.05) is 0 Å². The van der Waals surface area contributed by atoms with Crippen molar-refractivity contribution in [2.24, 2.45) is 5.73 Å². The minimum absolute atomic E-state index is 0. The molecule has 0 fully saturated rings. The van der Waals surface area contributed by atoms with Gasteiger partial charge in [0.05, 0.1) is 0 Å². The number of hydrogen-bond acceptors (Lipinski definition) is 3. The maximum atomic E-state index is 5.45. The first-order valence-corrected chi connectivity index (χ1v) is 5.59. The van der Waals surface area contributed by atoms with Crippen molar-refractivity contribution < 1.29 is 22.4 Å². The summed E-state index contributed by atoms with van der Waals surface area (Å²) in [5.41, 5.74) is 5.70. The van der Waals surface area contributed by atoms with Gasteiger partial charge in [-0.3, -0.25) is 0 Å². The van der Waals surface area contributed by atoms with Gasteiger partial charge in [0, 0.05) is 27.9 Å². The molecule has 0 saturated carbocycles. The van der Waals surface area contributed by atoms with Gasteiger partial charge in [0.1, 0.15) is 0 Å². The van der Waals surface area contributed by atoms with Gasteiger partial charge in [-0.15, -0.1) is 0 Å². The number of nitrogens with two attached hydrogens (primary N) is 1. The normalized spacial score (nSPS) is 11.6. The Morgan fingerprint density at radius 3 is 2.13 bits per heavy atom. The monoisotopic (exact) mass is 382 g/mol. The van der Waals surface area contributed by atoms with Crippen LogP contribution in [0.3, 0.4) is 0 Å². The van der Waals surface area contributed by atoms with Crippen LogP contribution in [0.4, 0.5) is 0 Å². The van der Waals surface area contributed by atoms with Crippen molar-refractivity contribution in [3.63, 3.8) is 0 Å². The third kappa shape index (κ3) is 14.6. The zero-order chi connectivity index (χ0) is 11.0. The summed E-state index contributed by atoms with van der Waals surface area (Å²) in [6.45, 7) is 10.8. The van der Waals surface area contributed by atoms with E-state index in [9.17, 15) is 0 Å². The Morgan fingerprint density at radius 1 is 1.13 bits per heavy atom. The molecule has 3 nitrogen and oxygen atoms in total. The molecular formula is C11H27N3Ta. The third-order valence-electron chi connectivity index (χ3n) is 2.12. The second kappa shape index (κ2) is 9.82.